The van der Waals surface area contributed by atoms with Crippen molar-refractivity contribution in [2.24, 2.45) is 5.73 Å². The first-order valence-corrected chi connectivity index (χ1v) is 7.42. The molecule has 0 aliphatic carbocycles. The minimum atomic E-state index is -0.0193. The van der Waals surface area contributed by atoms with E-state index in [4.69, 9.17) is 10.5 Å². The third-order valence-corrected chi connectivity index (χ3v) is 3.87. The molecule has 1 unspecified atom stereocenters. The molecule has 0 aromatic heterocycles. The van der Waals surface area contributed by atoms with Crippen molar-refractivity contribution in [1.29, 1.82) is 0 Å². The smallest absolute Gasteiger partial charge is 0.264 e. The maximum absolute atomic E-state index is 11.6. The topological polar surface area (TPSA) is 55.6 Å². The van der Waals surface area contributed by atoms with Gasteiger partial charge >= 0.3 is 0 Å². The van der Waals surface area contributed by atoms with Gasteiger partial charge in [0.05, 0.1) is 5.69 Å². The Balaban J connectivity index is 2.02. The van der Waals surface area contributed by atoms with Crippen molar-refractivity contribution in [2.45, 2.75) is 45.1 Å². The zero-order valence-electron chi connectivity index (χ0n) is 12.4. The normalized spacial score (nSPS) is 15.8. The molecule has 1 aromatic carbocycles. The second-order valence-corrected chi connectivity index (χ2v) is 5.42. The molecule has 1 aliphatic rings. The lowest BCUT2D eigenvalue weighted by atomic mass is 10.00. The predicted molar refractivity (Wildman–Crippen MR) is 81.0 cm³/mol. The van der Waals surface area contributed by atoms with Crippen LogP contribution in [0.15, 0.2) is 18.2 Å². The van der Waals surface area contributed by atoms with Crippen LogP contribution in [0.1, 0.15) is 50.6 Å². The Bertz CT molecular complexity index is 474. The Morgan fingerprint density at radius 2 is 2.15 bits per heavy atom. The Hall–Kier alpha value is -1.55. The average Bonchev–Trinajstić information content (AvgIpc) is 2.47. The molecule has 1 atom stereocenters. The van der Waals surface area contributed by atoms with Crippen molar-refractivity contribution >= 4 is 11.6 Å². The van der Waals surface area contributed by atoms with Gasteiger partial charge in [0.2, 0.25) is 0 Å². The summed E-state index contributed by atoms with van der Waals surface area (Å²) < 4.78 is 5.49. The summed E-state index contributed by atoms with van der Waals surface area (Å²) in [5.41, 5.74) is 8.14. The highest BCUT2D eigenvalue weighted by molar-refractivity contribution is 5.97. The monoisotopic (exact) mass is 276 g/mol. The van der Waals surface area contributed by atoms with Gasteiger partial charge in [-0.1, -0.05) is 38.7 Å². The SMILES string of the molecule is CCCCCCC(N)c1ccc2c(c1)OCC(=O)N2C. The highest BCUT2D eigenvalue weighted by Gasteiger charge is 2.22. The molecule has 0 spiro atoms. The number of nitrogens with two attached hydrogens (primary N) is 1. The van der Waals surface area contributed by atoms with Crippen molar-refractivity contribution in [2.75, 3.05) is 18.6 Å². The van der Waals surface area contributed by atoms with Gasteiger partial charge < -0.3 is 15.4 Å². The molecule has 1 heterocycles. The third-order valence-electron chi connectivity index (χ3n) is 3.87. The summed E-state index contributed by atoms with van der Waals surface area (Å²) in [6.45, 7) is 2.32. The number of rotatable bonds is 6. The van der Waals surface area contributed by atoms with Gasteiger partial charge in [-0.2, -0.15) is 0 Å². The molecule has 2 N–H and O–H groups in total. The maximum Gasteiger partial charge on any atom is 0.264 e. The van der Waals surface area contributed by atoms with E-state index in [1.807, 2.05) is 18.2 Å². The second kappa shape index (κ2) is 6.75. The van der Waals surface area contributed by atoms with Crippen LogP contribution < -0.4 is 15.4 Å². The fourth-order valence-corrected chi connectivity index (χ4v) is 2.48. The van der Waals surface area contributed by atoms with Crippen LogP contribution in [0.4, 0.5) is 5.69 Å². The molecule has 110 valence electrons. The van der Waals surface area contributed by atoms with Gasteiger partial charge in [-0.25, -0.2) is 0 Å². The Kier molecular flexibility index (Phi) is 5.01. The van der Waals surface area contributed by atoms with E-state index in [-0.39, 0.29) is 18.6 Å². The molecule has 0 saturated carbocycles. The Morgan fingerprint density at radius 3 is 2.90 bits per heavy atom. The first kappa shape index (κ1) is 14.9. The highest BCUT2D eigenvalue weighted by atomic mass is 16.5. The number of carbonyl (C=O) groups excluding carboxylic acids is 1. The molecule has 1 amide bonds. The predicted octanol–water partition coefficient (Wildman–Crippen LogP) is 3.01. The number of hydrogen-bond donors (Lipinski definition) is 1. The zero-order valence-corrected chi connectivity index (χ0v) is 12.4. The van der Waals surface area contributed by atoms with Crippen LogP contribution in [0.5, 0.6) is 5.75 Å². The molecule has 0 radical (unpaired) electrons. The summed E-state index contributed by atoms with van der Waals surface area (Å²) in [7, 11) is 1.77. The minimum Gasteiger partial charge on any atom is -0.482 e. The second-order valence-electron chi connectivity index (χ2n) is 5.42. The number of benzene rings is 1. The third kappa shape index (κ3) is 3.31. The van der Waals surface area contributed by atoms with E-state index < -0.39 is 0 Å². The molecule has 0 saturated heterocycles. The lowest BCUT2D eigenvalue weighted by molar-refractivity contribution is -0.120. The first-order chi connectivity index (χ1) is 9.63. The quantitative estimate of drug-likeness (QED) is 0.813. The number of likely N-dealkylation sites (N-methyl/N-ethyl adjacent to an activating group) is 1. The Morgan fingerprint density at radius 1 is 1.35 bits per heavy atom. The van der Waals surface area contributed by atoms with Crippen LogP contribution in [-0.2, 0) is 4.79 Å². The lowest BCUT2D eigenvalue weighted by Gasteiger charge is -2.27. The fraction of sp³-hybridized carbons (Fsp3) is 0.562. The molecule has 1 aliphatic heterocycles. The van der Waals surface area contributed by atoms with Crippen molar-refractivity contribution in [3.8, 4) is 5.75 Å². The lowest BCUT2D eigenvalue weighted by Crippen LogP contribution is -2.35. The van der Waals surface area contributed by atoms with Gasteiger partial charge in [-0.15, -0.1) is 0 Å². The van der Waals surface area contributed by atoms with E-state index in [2.05, 4.69) is 6.92 Å². The summed E-state index contributed by atoms with van der Waals surface area (Å²) in [5, 5.41) is 0. The van der Waals surface area contributed by atoms with Crippen LogP contribution in [0.25, 0.3) is 0 Å². The minimum absolute atomic E-state index is 0.0193. The summed E-state index contributed by atoms with van der Waals surface area (Å²) in [5.74, 6) is 0.739. The van der Waals surface area contributed by atoms with E-state index in [1.54, 1.807) is 11.9 Å². The number of hydrogen-bond acceptors (Lipinski definition) is 3. The van der Waals surface area contributed by atoms with Gasteiger partial charge in [0.15, 0.2) is 6.61 Å². The van der Waals surface area contributed by atoms with Gasteiger partial charge in [0.25, 0.3) is 5.91 Å². The van der Waals surface area contributed by atoms with E-state index >= 15 is 0 Å². The molecule has 0 fully saturated rings. The van der Waals surface area contributed by atoms with Crippen LogP contribution in [0.3, 0.4) is 0 Å². The largest absolute Gasteiger partial charge is 0.482 e. The summed E-state index contributed by atoms with van der Waals surface area (Å²) >= 11 is 0. The van der Waals surface area contributed by atoms with Crippen LogP contribution >= 0.6 is 0 Å². The molecular formula is C16H24N2O2. The molecule has 4 heteroatoms. The van der Waals surface area contributed by atoms with E-state index in [1.165, 1.54) is 19.3 Å². The number of ether oxygens (including phenoxy) is 1. The van der Waals surface area contributed by atoms with E-state index in [0.29, 0.717) is 0 Å². The van der Waals surface area contributed by atoms with Gasteiger partial charge in [0, 0.05) is 13.1 Å². The van der Waals surface area contributed by atoms with Crippen molar-refractivity contribution in [3.63, 3.8) is 0 Å². The fourth-order valence-electron chi connectivity index (χ4n) is 2.48. The molecule has 2 rings (SSSR count). The van der Waals surface area contributed by atoms with Crippen molar-refractivity contribution < 1.29 is 9.53 Å². The van der Waals surface area contributed by atoms with Crippen LogP contribution in [0, 0.1) is 0 Å². The van der Waals surface area contributed by atoms with Crippen molar-refractivity contribution in [3.05, 3.63) is 23.8 Å². The number of amides is 1. The molecule has 0 bridgehead atoms. The standard InChI is InChI=1S/C16H24N2O2/c1-3-4-5-6-7-13(17)12-8-9-14-15(10-12)20-11-16(19)18(14)2/h8-10,13H,3-7,11,17H2,1-2H3. The highest BCUT2D eigenvalue weighted by Crippen LogP contribution is 2.34. The van der Waals surface area contributed by atoms with E-state index in [0.717, 1.165) is 29.8 Å². The maximum atomic E-state index is 11.6. The number of unbranched alkanes of at least 4 members (excludes halogenated alkanes) is 3. The van der Waals surface area contributed by atoms with E-state index in [9.17, 15) is 4.79 Å². The molecule has 4 nitrogen and oxygen atoms in total. The van der Waals surface area contributed by atoms with Gasteiger partial charge in [0.1, 0.15) is 5.75 Å². The summed E-state index contributed by atoms with van der Waals surface area (Å²) in [4.78, 5) is 13.2. The van der Waals surface area contributed by atoms with Crippen LogP contribution in [0.2, 0.25) is 0 Å². The number of carbonyl (C=O) groups is 1. The van der Waals surface area contributed by atoms with Gasteiger partial charge in [-0.05, 0) is 24.1 Å². The summed E-state index contributed by atoms with van der Waals surface area (Å²) in [6.07, 6.45) is 5.90. The number of nitrogens with zero attached hydrogens (tertiary/aromatic N) is 1. The number of fused-ring (bicyclic) bond motifs is 1. The first-order valence-electron chi connectivity index (χ1n) is 7.42. The van der Waals surface area contributed by atoms with Crippen LogP contribution in [-0.4, -0.2) is 19.6 Å². The molecule has 1 aromatic rings. The Labute approximate surface area is 120 Å². The number of anilines is 1. The summed E-state index contributed by atoms with van der Waals surface area (Å²) in [6, 6.07) is 5.95. The molecule has 20 heavy (non-hydrogen) atoms. The average molecular weight is 276 g/mol. The zero-order chi connectivity index (χ0) is 14.5. The van der Waals surface area contributed by atoms with Gasteiger partial charge in [-0.3, -0.25) is 4.79 Å². The van der Waals surface area contributed by atoms with Crippen molar-refractivity contribution in [1.82, 2.24) is 0 Å². The molecular weight excluding hydrogens is 252 g/mol.